The molecule has 132 valence electrons. The van der Waals surface area contributed by atoms with Gasteiger partial charge in [-0.15, -0.1) is 0 Å². The molecule has 2 aromatic carbocycles. The largest absolute Gasteiger partial charge is 0.491 e. The summed E-state index contributed by atoms with van der Waals surface area (Å²) in [5.74, 6) is 0.818. The second kappa shape index (κ2) is 8.65. The highest BCUT2D eigenvalue weighted by atomic mass is 16.5. The lowest BCUT2D eigenvalue weighted by Gasteiger charge is -2.22. The van der Waals surface area contributed by atoms with E-state index >= 15 is 0 Å². The molecule has 0 aromatic heterocycles. The van der Waals surface area contributed by atoms with E-state index in [1.807, 2.05) is 42.5 Å². The van der Waals surface area contributed by atoms with Gasteiger partial charge in [0.2, 0.25) is 5.91 Å². The Morgan fingerprint density at radius 3 is 2.52 bits per heavy atom. The molecule has 1 saturated heterocycles. The maximum absolute atomic E-state index is 11.3. The van der Waals surface area contributed by atoms with Gasteiger partial charge in [0, 0.05) is 32.6 Å². The van der Waals surface area contributed by atoms with Gasteiger partial charge in [-0.05, 0) is 23.3 Å². The van der Waals surface area contributed by atoms with Gasteiger partial charge in [0.25, 0.3) is 0 Å². The van der Waals surface area contributed by atoms with E-state index in [0.717, 1.165) is 17.9 Å². The Bertz CT molecular complexity index is 673. The Balaban J connectivity index is 1.47. The standard InChI is InChI=1S/C20H24N2O3/c23-18(14-22-12-10-20(24)21-11-13-22)15-25-19-8-6-17(7-9-19)16-4-2-1-3-5-16/h1-9,18,23H,10-15H2,(H,21,24)/t18-/m0/s1. The van der Waals surface area contributed by atoms with Gasteiger partial charge in [-0.3, -0.25) is 9.69 Å². The van der Waals surface area contributed by atoms with Crippen molar-refractivity contribution in [2.75, 3.05) is 32.8 Å². The molecule has 1 aliphatic heterocycles. The van der Waals surface area contributed by atoms with Gasteiger partial charge < -0.3 is 15.2 Å². The highest BCUT2D eigenvalue weighted by Gasteiger charge is 2.16. The monoisotopic (exact) mass is 340 g/mol. The summed E-state index contributed by atoms with van der Waals surface area (Å²) in [5, 5.41) is 13.0. The van der Waals surface area contributed by atoms with Crippen LogP contribution in [0.4, 0.5) is 0 Å². The molecule has 0 unspecified atom stereocenters. The number of benzene rings is 2. The fourth-order valence-corrected chi connectivity index (χ4v) is 2.91. The highest BCUT2D eigenvalue weighted by molar-refractivity contribution is 5.76. The summed E-state index contributed by atoms with van der Waals surface area (Å²) in [6.45, 7) is 2.82. The van der Waals surface area contributed by atoms with Crippen molar-refractivity contribution in [3.63, 3.8) is 0 Å². The fourth-order valence-electron chi connectivity index (χ4n) is 2.91. The van der Waals surface area contributed by atoms with Crippen LogP contribution in [0.1, 0.15) is 6.42 Å². The van der Waals surface area contributed by atoms with Crippen molar-refractivity contribution < 1.29 is 14.6 Å². The number of ether oxygens (including phenoxy) is 1. The predicted molar refractivity (Wildman–Crippen MR) is 97.4 cm³/mol. The van der Waals surface area contributed by atoms with Gasteiger partial charge in [0.15, 0.2) is 0 Å². The summed E-state index contributed by atoms with van der Waals surface area (Å²) in [4.78, 5) is 13.4. The normalized spacial score (nSPS) is 16.8. The number of hydrogen-bond donors (Lipinski definition) is 2. The van der Waals surface area contributed by atoms with Crippen LogP contribution in [0.2, 0.25) is 0 Å². The molecular weight excluding hydrogens is 316 g/mol. The fraction of sp³-hybridized carbons (Fsp3) is 0.350. The Kier molecular flexibility index (Phi) is 6.04. The second-order valence-corrected chi connectivity index (χ2v) is 6.26. The van der Waals surface area contributed by atoms with Crippen molar-refractivity contribution in [2.45, 2.75) is 12.5 Å². The van der Waals surface area contributed by atoms with Gasteiger partial charge in [-0.1, -0.05) is 42.5 Å². The molecule has 1 aliphatic rings. The van der Waals surface area contributed by atoms with E-state index in [9.17, 15) is 9.90 Å². The molecule has 5 nitrogen and oxygen atoms in total. The average molecular weight is 340 g/mol. The molecule has 25 heavy (non-hydrogen) atoms. The molecular formula is C20H24N2O3. The summed E-state index contributed by atoms with van der Waals surface area (Å²) in [7, 11) is 0. The van der Waals surface area contributed by atoms with Crippen LogP contribution in [0.3, 0.4) is 0 Å². The first-order valence-electron chi connectivity index (χ1n) is 8.66. The molecule has 2 N–H and O–H groups in total. The van der Waals surface area contributed by atoms with Gasteiger partial charge in [0.1, 0.15) is 18.5 Å². The Morgan fingerprint density at radius 2 is 1.76 bits per heavy atom. The molecule has 1 atom stereocenters. The number of hydrogen-bond acceptors (Lipinski definition) is 4. The number of carbonyl (C=O) groups is 1. The van der Waals surface area contributed by atoms with Gasteiger partial charge >= 0.3 is 0 Å². The molecule has 0 saturated carbocycles. The van der Waals surface area contributed by atoms with Crippen molar-refractivity contribution >= 4 is 5.91 Å². The van der Waals surface area contributed by atoms with Crippen molar-refractivity contribution in [2.24, 2.45) is 0 Å². The molecule has 0 aliphatic carbocycles. The summed E-state index contributed by atoms with van der Waals surface area (Å²) in [6.07, 6.45) is -0.101. The van der Waals surface area contributed by atoms with Crippen LogP contribution in [0, 0.1) is 0 Å². The van der Waals surface area contributed by atoms with Crippen LogP contribution in [0.25, 0.3) is 11.1 Å². The third-order valence-electron chi connectivity index (χ3n) is 4.28. The summed E-state index contributed by atoms with van der Waals surface area (Å²) >= 11 is 0. The molecule has 1 amide bonds. The van der Waals surface area contributed by atoms with Crippen LogP contribution in [-0.4, -0.2) is 54.8 Å². The lowest BCUT2D eigenvalue weighted by molar-refractivity contribution is -0.120. The van der Waals surface area contributed by atoms with Crippen LogP contribution in [-0.2, 0) is 4.79 Å². The number of carbonyl (C=O) groups excluding carboxylic acids is 1. The van der Waals surface area contributed by atoms with Gasteiger partial charge in [0.05, 0.1) is 0 Å². The van der Waals surface area contributed by atoms with E-state index in [1.54, 1.807) is 0 Å². The summed E-state index contributed by atoms with van der Waals surface area (Å²) in [5.41, 5.74) is 2.30. The number of aliphatic hydroxyl groups is 1. The minimum Gasteiger partial charge on any atom is -0.491 e. The lowest BCUT2D eigenvalue weighted by Crippen LogP contribution is -2.37. The topological polar surface area (TPSA) is 61.8 Å². The van der Waals surface area contributed by atoms with Crippen molar-refractivity contribution in [1.82, 2.24) is 10.2 Å². The van der Waals surface area contributed by atoms with Crippen LogP contribution < -0.4 is 10.1 Å². The predicted octanol–water partition coefficient (Wildman–Crippen LogP) is 1.92. The Morgan fingerprint density at radius 1 is 1.04 bits per heavy atom. The zero-order valence-corrected chi connectivity index (χ0v) is 14.2. The summed E-state index contributed by atoms with van der Waals surface area (Å²) < 4.78 is 5.69. The average Bonchev–Trinajstić information content (AvgIpc) is 2.85. The summed E-state index contributed by atoms with van der Waals surface area (Å²) in [6, 6.07) is 18.0. The number of nitrogens with one attached hydrogen (secondary N) is 1. The van der Waals surface area contributed by atoms with Crippen LogP contribution in [0.5, 0.6) is 5.75 Å². The second-order valence-electron chi connectivity index (χ2n) is 6.26. The van der Waals surface area contributed by atoms with Crippen molar-refractivity contribution in [3.8, 4) is 16.9 Å². The van der Waals surface area contributed by atoms with E-state index in [-0.39, 0.29) is 12.5 Å². The lowest BCUT2D eigenvalue weighted by atomic mass is 10.1. The first-order chi connectivity index (χ1) is 12.2. The molecule has 3 rings (SSSR count). The zero-order chi connectivity index (χ0) is 17.5. The van der Waals surface area contributed by atoms with Crippen LogP contribution in [0.15, 0.2) is 54.6 Å². The Labute approximate surface area is 148 Å². The van der Waals surface area contributed by atoms with E-state index in [0.29, 0.717) is 26.1 Å². The van der Waals surface area contributed by atoms with Crippen LogP contribution >= 0.6 is 0 Å². The Hall–Kier alpha value is -2.37. The molecule has 1 fully saturated rings. The third kappa shape index (κ3) is 5.31. The molecule has 5 heteroatoms. The number of rotatable bonds is 6. The first-order valence-corrected chi connectivity index (χ1v) is 8.66. The third-order valence-corrected chi connectivity index (χ3v) is 4.28. The highest BCUT2D eigenvalue weighted by Crippen LogP contribution is 2.22. The van der Waals surface area contributed by atoms with Gasteiger partial charge in [-0.25, -0.2) is 0 Å². The minimum absolute atomic E-state index is 0.0757. The molecule has 0 spiro atoms. The van der Waals surface area contributed by atoms with Gasteiger partial charge in [-0.2, -0.15) is 0 Å². The van der Waals surface area contributed by atoms with E-state index < -0.39 is 6.10 Å². The maximum atomic E-state index is 11.3. The van der Waals surface area contributed by atoms with E-state index in [1.165, 1.54) is 5.56 Å². The van der Waals surface area contributed by atoms with Crippen molar-refractivity contribution in [3.05, 3.63) is 54.6 Å². The number of β-amino-alcohol motifs (C(OH)–C–C–N with tert-alkyl or cyclic N) is 1. The SMILES string of the molecule is O=C1CCN(C[C@H](O)COc2ccc(-c3ccccc3)cc2)CCN1. The number of amides is 1. The van der Waals surface area contributed by atoms with Crippen molar-refractivity contribution in [1.29, 1.82) is 0 Å². The smallest absolute Gasteiger partial charge is 0.221 e. The number of aliphatic hydroxyl groups excluding tert-OH is 1. The molecule has 0 bridgehead atoms. The molecule has 1 heterocycles. The zero-order valence-electron chi connectivity index (χ0n) is 14.2. The number of nitrogens with zero attached hydrogens (tertiary/aromatic N) is 1. The molecule has 2 aromatic rings. The molecule has 0 radical (unpaired) electrons. The first kappa shape index (κ1) is 17.5. The quantitative estimate of drug-likeness (QED) is 0.843. The van der Waals surface area contributed by atoms with E-state index in [2.05, 4.69) is 22.3 Å². The maximum Gasteiger partial charge on any atom is 0.221 e. The minimum atomic E-state index is -0.581. The van der Waals surface area contributed by atoms with E-state index in [4.69, 9.17) is 4.74 Å².